The van der Waals surface area contributed by atoms with Gasteiger partial charge in [-0.05, 0) is 11.5 Å². The molecule has 1 aromatic rings. The fourth-order valence-electron chi connectivity index (χ4n) is 2.98. The molecule has 0 heterocycles. The third-order valence-electron chi connectivity index (χ3n) is 5.31. The fraction of sp³-hybridized carbons (Fsp3) is 0.500. The molecule has 8 N–H and O–H groups in total. The highest BCUT2D eigenvalue weighted by atomic mass is 32.1. The van der Waals surface area contributed by atoms with Gasteiger partial charge in [-0.15, -0.1) is 0 Å². The first-order valence-corrected chi connectivity index (χ1v) is 11.5. The van der Waals surface area contributed by atoms with Crippen molar-refractivity contribution in [3.05, 3.63) is 35.9 Å². The highest BCUT2D eigenvalue weighted by Crippen LogP contribution is 2.07. The predicted octanol–water partition coefficient (Wildman–Crippen LogP) is -1.05. The van der Waals surface area contributed by atoms with Crippen LogP contribution in [0.3, 0.4) is 0 Å². The highest BCUT2D eigenvalue weighted by molar-refractivity contribution is 7.80. The fourth-order valence-corrected chi connectivity index (χ4v) is 3.24. The second kappa shape index (κ2) is 14.2. The number of carbonyl (C=O) groups is 5. The van der Waals surface area contributed by atoms with Gasteiger partial charge in [0, 0.05) is 12.2 Å². The molecule has 5 unspecified atom stereocenters. The lowest BCUT2D eigenvalue weighted by Crippen LogP contribution is -2.58. The van der Waals surface area contributed by atoms with Gasteiger partial charge in [0.1, 0.15) is 18.1 Å². The molecule has 0 fully saturated rings. The van der Waals surface area contributed by atoms with Crippen molar-refractivity contribution in [1.82, 2.24) is 16.0 Å². The minimum atomic E-state index is -1.45. The summed E-state index contributed by atoms with van der Waals surface area (Å²) in [5.74, 6) is -4.68. The van der Waals surface area contributed by atoms with Crippen LogP contribution in [0.15, 0.2) is 30.3 Å². The van der Waals surface area contributed by atoms with Crippen LogP contribution in [-0.4, -0.2) is 64.6 Å². The molecule has 0 saturated carbocycles. The van der Waals surface area contributed by atoms with Gasteiger partial charge in [0.2, 0.25) is 23.6 Å². The molecule has 11 nitrogen and oxygen atoms in total. The van der Waals surface area contributed by atoms with Gasteiger partial charge in [0.05, 0.1) is 12.5 Å². The molecule has 5 atom stereocenters. The van der Waals surface area contributed by atoms with Crippen molar-refractivity contribution in [2.45, 2.75) is 57.3 Å². The van der Waals surface area contributed by atoms with Crippen molar-refractivity contribution in [3.8, 4) is 0 Å². The summed E-state index contributed by atoms with van der Waals surface area (Å²) < 4.78 is 0. The van der Waals surface area contributed by atoms with Crippen LogP contribution in [-0.2, 0) is 30.4 Å². The van der Waals surface area contributed by atoms with E-state index in [-0.39, 0.29) is 18.1 Å². The zero-order valence-corrected chi connectivity index (χ0v) is 20.1. The normalized spacial score (nSPS) is 15.2. The maximum atomic E-state index is 12.8. The van der Waals surface area contributed by atoms with Crippen molar-refractivity contribution in [2.24, 2.45) is 17.4 Å². The summed E-state index contributed by atoms with van der Waals surface area (Å²) in [6.45, 7) is 3.66. The second-order valence-electron chi connectivity index (χ2n) is 7.98. The molecule has 0 radical (unpaired) electrons. The summed E-state index contributed by atoms with van der Waals surface area (Å²) in [5, 5.41) is 16.7. The summed E-state index contributed by atoms with van der Waals surface area (Å²) in [4.78, 5) is 61.0. The number of rotatable bonds is 14. The quantitative estimate of drug-likeness (QED) is 0.160. The van der Waals surface area contributed by atoms with Gasteiger partial charge in [0.15, 0.2) is 0 Å². The first kappa shape index (κ1) is 28.9. The summed E-state index contributed by atoms with van der Waals surface area (Å²) >= 11 is 4.07. The second-order valence-corrected chi connectivity index (χ2v) is 8.34. The maximum Gasteiger partial charge on any atom is 0.326 e. The van der Waals surface area contributed by atoms with Crippen molar-refractivity contribution in [1.29, 1.82) is 0 Å². The number of aliphatic carboxylic acids is 1. The van der Waals surface area contributed by atoms with Crippen LogP contribution in [0, 0.1) is 5.92 Å². The number of carboxylic acid groups (broad SMARTS) is 1. The topological polar surface area (TPSA) is 194 Å². The molecule has 0 aliphatic heterocycles. The lowest BCUT2D eigenvalue weighted by molar-refractivity contribution is -0.142. The molecule has 0 saturated heterocycles. The number of primary amides is 1. The maximum absolute atomic E-state index is 12.8. The average Bonchev–Trinajstić information content (AvgIpc) is 2.80. The molecular weight excluding hydrogens is 462 g/mol. The van der Waals surface area contributed by atoms with Gasteiger partial charge < -0.3 is 32.5 Å². The smallest absolute Gasteiger partial charge is 0.326 e. The Kier molecular flexibility index (Phi) is 12.1. The molecule has 4 amide bonds. The third kappa shape index (κ3) is 9.40. The van der Waals surface area contributed by atoms with E-state index >= 15 is 0 Å². The lowest BCUT2D eigenvalue weighted by Gasteiger charge is -2.25. The van der Waals surface area contributed by atoms with Crippen molar-refractivity contribution in [3.63, 3.8) is 0 Å². The van der Waals surface area contributed by atoms with Gasteiger partial charge in [0.25, 0.3) is 0 Å². The summed E-state index contributed by atoms with van der Waals surface area (Å²) in [5.41, 5.74) is 11.8. The molecule has 0 aromatic heterocycles. The van der Waals surface area contributed by atoms with Crippen LogP contribution < -0.4 is 27.4 Å². The van der Waals surface area contributed by atoms with Gasteiger partial charge in [-0.1, -0.05) is 50.6 Å². The number of nitrogens with two attached hydrogens (primary N) is 2. The molecule has 12 heteroatoms. The predicted molar refractivity (Wildman–Crippen MR) is 129 cm³/mol. The molecule has 0 aliphatic carbocycles. The number of carbonyl (C=O) groups excluding carboxylic acids is 4. The van der Waals surface area contributed by atoms with Crippen LogP contribution in [0.2, 0.25) is 0 Å². The van der Waals surface area contributed by atoms with Gasteiger partial charge in [-0.25, -0.2) is 4.79 Å². The number of hydrogen-bond donors (Lipinski definition) is 7. The number of amides is 4. The summed E-state index contributed by atoms with van der Waals surface area (Å²) in [6.07, 6.45) is 0.0672. The van der Waals surface area contributed by atoms with E-state index in [4.69, 9.17) is 11.5 Å². The van der Waals surface area contributed by atoms with Crippen LogP contribution in [0.1, 0.15) is 32.3 Å². The zero-order chi connectivity index (χ0) is 25.8. The van der Waals surface area contributed by atoms with E-state index in [9.17, 15) is 29.1 Å². The molecule has 34 heavy (non-hydrogen) atoms. The molecule has 0 aliphatic rings. The molecule has 1 aromatic carbocycles. The lowest BCUT2D eigenvalue weighted by atomic mass is 9.99. The Labute approximate surface area is 203 Å². The minimum Gasteiger partial charge on any atom is -0.480 e. The zero-order valence-electron chi connectivity index (χ0n) is 19.2. The van der Waals surface area contributed by atoms with E-state index in [1.807, 2.05) is 6.92 Å². The minimum absolute atomic E-state index is 0.0119. The number of carboxylic acids is 1. The van der Waals surface area contributed by atoms with E-state index in [0.29, 0.717) is 12.0 Å². The van der Waals surface area contributed by atoms with Crippen LogP contribution >= 0.6 is 12.6 Å². The molecule has 0 bridgehead atoms. The first-order valence-electron chi connectivity index (χ1n) is 10.8. The highest BCUT2D eigenvalue weighted by Gasteiger charge is 2.31. The third-order valence-corrected chi connectivity index (χ3v) is 5.68. The summed E-state index contributed by atoms with van der Waals surface area (Å²) in [6, 6.07) is 3.87. The van der Waals surface area contributed by atoms with E-state index in [2.05, 4.69) is 28.6 Å². The first-order chi connectivity index (χ1) is 16.0. The Balaban J connectivity index is 2.92. The standard InChI is InChI=1S/C22H33N5O6S/c1-3-12(2)18(24)21(31)27-16(11-34)20(30)25-14(10-17(23)28)19(29)26-15(22(32)33)9-13-7-5-4-6-8-13/h4-8,12,14-16,18,34H,3,9-11,24H2,1-2H3,(H2,23,28)(H,25,30)(H,26,29)(H,27,31)(H,32,33). The van der Waals surface area contributed by atoms with Gasteiger partial charge in [-0.3, -0.25) is 19.2 Å². The van der Waals surface area contributed by atoms with Gasteiger partial charge in [-0.2, -0.15) is 12.6 Å². The Morgan fingerprint density at radius 2 is 1.47 bits per heavy atom. The van der Waals surface area contributed by atoms with Crippen molar-refractivity contribution >= 4 is 42.2 Å². The van der Waals surface area contributed by atoms with E-state index in [0.717, 1.165) is 0 Å². The Bertz CT molecular complexity index is 869. The van der Waals surface area contributed by atoms with E-state index in [1.54, 1.807) is 37.3 Å². The Hall–Kier alpha value is -3.12. The average molecular weight is 496 g/mol. The van der Waals surface area contributed by atoms with Crippen LogP contribution in [0.5, 0.6) is 0 Å². The van der Waals surface area contributed by atoms with E-state index in [1.165, 1.54) is 0 Å². The van der Waals surface area contributed by atoms with Crippen molar-refractivity contribution in [2.75, 3.05) is 5.75 Å². The SMILES string of the molecule is CCC(C)C(N)C(=O)NC(CS)C(=O)NC(CC(N)=O)C(=O)NC(Cc1ccccc1)C(=O)O. The molecule has 1 rings (SSSR count). The monoisotopic (exact) mass is 495 g/mol. The number of nitrogens with one attached hydrogen (secondary N) is 3. The van der Waals surface area contributed by atoms with E-state index < -0.39 is 60.2 Å². The largest absolute Gasteiger partial charge is 0.480 e. The Morgan fingerprint density at radius 1 is 0.941 bits per heavy atom. The Morgan fingerprint density at radius 3 is 1.97 bits per heavy atom. The van der Waals surface area contributed by atoms with Crippen LogP contribution in [0.25, 0.3) is 0 Å². The molecular formula is C22H33N5O6S. The number of hydrogen-bond acceptors (Lipinski definition) is 7. The number of benzene rings is 1. The van der Waals surface area contributed by atoms with Gasteiger partial charge >= 0.3 is 5.97 Å². The molecule has 188 valence electrons. The van der Waals surface area contributed by atoms with Crippen molar-refractivity contribution < 1.29 is 29.1 Å². The number of thiol groups is 1. The molecule has 0 spiro atoms. The van der Waals surface area contributed by atoms with Crippen LogP contribution in [0.4, 0.5) is 0 Å². The summed E-state index contributed by atoms with van der Waals surface area (Å²) in [7, 11) is 0.